The van der Waals surface area contributed by atoms with E-state index in [4.69, 9.17) is 9.79 Å². The summed E-state index contributed by atoms with van der Waals surface area (Å²) in [7, 11) is -7.02. The fourth-order valence-corrected chi connectivity index (χ4v) is 3.28. The molecule has 0 unspecified atom stereocenters. The molecule has 0 bridgehead atoms. The van der Waals surface area contributed by atoms with E-state index in [1.807, 2.05) is 0 Å². The van der Waals surface area contributed by atoms with Crippen molar-refractivity contribution in [2.45, 2.75) is 0 Å². The van der Waals surface area contributed by atoms with Crippen LogP contribution in [-0.4, -0.2) is 22.5 Å². The molecule has 1 heterocycles. The Labute approximate surface area is 104 Å². The Kier molecular flexibility index (Phi) is 8.06. The van der Waals surface area contributed by atoms with Crippen LogP contribution in [0.5, 0.6) is 0 Å². The monoisotopic (exact) mass is 493 g/mol. The predicted octanol–water partition coefficient (Wildman–Crippen LogP) is 2.09. The Morgan fingerprint density at radius 3 is 1.92 bits per heavy atom. The summed E-state index contributed by atoms with van der Waals surface area (Å²) in [5, 5.41) is 0. The first-order chi connectivity index (χ1) is 5.83. The van der Waals surface area contributed by atoms with Gasteiger partial charge in [0, 0.05) is 0 Å². The van der Waals surface area contributed by atoms with Crippen LogP contribution in [0.3, 0.4) is 0 Å². The Morgan fingerprint density at radius 1 is 1.46 bits per heavy atom. The number of rotatable bonds is 2. The van der Waals surface area contributed by atoms with E-state index in [0.29, 0.717) is 9.47 Å². The molecular weight excluding hydrogens is 487 g/mol. The van der Waals surface area contributed by atoms with Crippen LogP contribution in [-0.2, 0) is 27.6 Å². The van der Waals surface area contributed by atoms with E-state index in [2.05, 4.69) is 49.0 Å². The van der Waals surface area contributed by atoms with Crippen molar-refractivity contribution in [3.63, 3.8) is 0 Å². The number of hydrogen-bond acceptors (Lipinski definition) is 4. The first kappa shape index (κ1) is 15.3. The number of halogens is 2. The molecule has 0 atom stereocenters. The zero-order chi connectivity index (χ0) is 10.5. The van der Waals surface area contributed by atoms with Gasteiger partial charge in [-0.15, -0.1) is 0 Å². The molecule has 0 aliphatic carbocycles. The van der Waals surface area contributed by atoms with Crippen molar-refractivity contribution in [1.29, 1.82) is 0 Å². The van der Waals surface area contributed by atoms with Crippen LogP contribution in [0.2, 0.25) is 0 Å². The maximum atomic E-state index is 10.7. The van der Waals surface area contributed by atoms with Gasteiger partial charge in [0.2, 0.25) is 0 Å². The van der Waals surface area contributed by atoms with Crippen LogP contribution in [0.4, 0.5) is 0 Å². The molecule has 0 spiro atoms. The van der Waals surface area contributed by atoms with Gasteiger partial charge in [-0.1, -0.05) is 0 Å². The van der Waals surface area contributed by atoms with Gasteiger partial charge >= 0.3 is 64.6 Å². The second-order valence-electron chi connectivity index (χ2n) is 1.86. The van der Waals surface area contributed by atoms with Crippen molar-refractivity contribution in [3.8, 4) is 0 Å². The van der Waals surface area contributed by atoms with Crippen LogP contribution in [0.1, 0.15) is 0 Å². The summed E-state index contributed by atoms with van der Waals surface area (Å²) < 4.78 is 29.6. The van der Waals surface area contributed by atoms with E-state index in [-0.39, 0.29) is 6.79 Å². The maximum absolute atomic E-state index is 10.7. The molecule has 0 aromatic heterocycles. The van der Waals surface area contributed by atoms with Gasteiger partial charge < -0.3 is 9.79 Å². The van der Waals surface area contributed by atoms with Crippen molar-refractivity contribution in [2.75, 3.05) is 12.7 Å². The number of hydrogen-bond donors (Lipinski definition) is 2. The van der Waals surface area contributed by atoms with Gasteiger partial charge in [-0.2, -0.15) is 0 Å². The Morgan fingerprint density at radius 2 is 1.85 bits per heavy atom. The normalized spacial score (nSPS) is 19.4. The Balaban J connectivity index is 0.000000424. The third kappa shape index (κ3) is 8.18. The molecule has 1 rings (SSSR count). The molecule has 1 saturated heterocycles. The van der Waals surface area contributed by atoms with Gasteiger partial charge in [-0.3, -0.25) is 18.2 Å². The average molecular weight is 493 g/mol. The molecule has 79 valence electrons. The molecule has 1 aliphatic heterocycles. The standard InChI is InChI=1S/C2H6O6P2.2HI.V/c3-9(4,5)2-10(6)7-1-8-10;;;/h1-2H2,(H2,3,4,5);2*1H;/q;;;+2/p-2. The van der Waals surface area contributed by atoms with Gasteiger partial charge in [-0.25, -0.2) is 0 Å². The van der Waals surface area contributed by atoms with E-state index in [1.165, 1.54) is 0 Å². The van der Waals surface area contributed by atoms with Gasteiger partial charge in [0.25, 0.3) is 0 Å². The van der Waals surface area contributed by atoms with Crippen LogP contribution in [0.25, 0.3) is 0 Å². The zero-order valence-corrected chi connectivity index (χ0v) is 13.5. The molecule has 6 nitrogen and oxygen atoms in total. The summed E-state index contributed by atoms with van der Waals surface area (Å²) in [5.74, 6) is -0.819. The van der Waals surface area contributed by atoms with Gasteiger partial charge in [-0.05, 0) is 0 Å². The minimum atomic E-state index is -4.27. The Hall–Kier alpha value is 2.34. The molecular formula is C2H6I2O6P2V. The molecule has 11 heteroatoms. The SMILES string of the molecule is O=P(O)(O)CP1(=O)OCO1.[I][V][I]. The second kappa shape index (κ2) is 6.83. The first-order valence-corrected chi connectivity index (χ1v) is 15.2. The molecule has 0 aromatic carbocycles. The van der Waals surface area contributed by atoms with E-state index in [9.17, 15) is 9.13 Å². The zero-order valence-electron chi connectivity index (χ0n) is 6.04. The second-order valence-corrected chi connectivity index (χ2v) is 17.8. The summed E-state index contributed by atoms with van der Waals surface area (Å²) in [4.78, 5) is 16.6. The molecule has 0 radical (unpaired) electrons. The van der Waals surface area contributed by atoms with E-state index in [1.54, 1.807) is 0 Å². The fourth-order valence-electron chi connectivity index (χ4n) is 0.478. The van der Waals surface area contributed by atoms with Crippen molar-refractivity contribution in [1.82, 2.24) is 0 Å². The van der Waals surface area contributed by atoms with E-state index in [0.717, 1.165) is 0 Å². The molecule has 1 aliphatic rings. The van der Waals surface area contributed by atoms with Crippen molar-refractivity contribution >= 4 is 55.1 Å². The van der Waals surface area contributed by atoms with Gasteiger partial charge in [0.05, 0.1) is 0 Å². The van der Waals surface area contributed by atoms with Gasteiger partial charge in [0.1, 0.15) is 0 Å². The summed E-state index contributed by atoms with van der Waals surface area (Å²) >= 11 is 4.74. The summed E-state index contributed by atoms with van der Waals surface area (Å²) in [6.45, 7) is -0.142. The summed E-state index contributed by atoms with van der Waals surface area (Å²) in [6, 6.07) is 0. The fraction of sp³-hybridized carbons (Fsp3) is 1.00. The van der Waals surface area contributed by atoms with Crippen LogP contribution < -0.4 is 0 Å². The van der Waals surface area contributed by atoms with Crippen molar-refractivity contribution in [2.24, 2.45) is 0 Å². The predicted molar refractivity (Wildman–Crippen MR) is 59.6 cm³/mol. The molecule has 13 heavy (non-hydrogen) atoms. The van der Waals surface area contributed by atoms with Crippen LogP contribution in [0.15, 0.2) is 0 Å². The Bertz CT molecular complexity index is 233. The van der Waals surface area contributed by atoms with Crippen molar-refractivity contribution in [3.05, 3.63) is 0 Å². The summed E-state index contributed by atoms with van der Waals surface area (Å²) in [5.41, 5.74) is 0. The van der Waals surface area contributed by atoms with Crippen LogP contribution >= 0.6 is 55.1 Å². The third-order valence-corrected chi connectivity index (χ3v) is 4.71. The summed E-state index contributed by atoms with van der Waals surface area (Å²) in [6.07, 6.45) is 0. The van der Waals surface area contributed by atoms with E-state index >= 15 is 0 Å². The minimum absolute atomic E-state index is 0.142. The molecule has 0 aromatic rings. The van der Waals surface area contributed by atoms with E-state index < -0.39 is 21.1 Å². The average Bonchev–Trinajstić information content (AvgIpc) is 1.82. The topological polar surface area (TPSA) is 93.1 Å². The molecule has 1 fully saturated rings. The molecule has 0 amide bonds. The molecule has 0 saturated carbocycles. The quantitative estimate of drug-likeness (QED) is 0.453. The third-order valence-electron chi connectivity index (χ3n) is 0.856. The van der Waals surface area contributed by atoms with Crippen LogP contribution in [0, 0.1) is 0 Å². The first-order valence-electron chi connectivity index (χ1n) is 2.68. The van der Waals surface area contributed by atoms with Crippen molar-refractivity contribution < 1.29 is 37.4 Å². The van der Waals surface area contributed by atoms with Gasteiger partial charge in [0.15, 0.2) is 12.7 Å². The molecule has 2 N–H and O–H groups in total.